The molecule has 0 aliphatic heterocycles. The second kappa shape index (κ2) is 24.2. The van der Waals surface area contributed by atoms with Crippen LogP contribution in [0, 0.1) is 0 Å². The third kappa shape index (κ3) is 9.77. The molecule has 0 saturated heterocycles. The van der Waals surface area contributed by atoms with Crippen LogP contribution in [0.25, 0.3) is 183 Å². The number of hydrogen-bond acceptors (Lipinski definition) is 1. The lowest BCUT2D eigenvalue weighted by Gasteiger charge is -2.10. The van der Waals surface area contributed by atoms with E-state index in [0.29, 0.717) is 0 Å². The molecular formula is C97H64N4O. The summed E-state index contributed by atoms with van der Waals surface area (Å²) in [5.74, 6) is 1.02. The lowest BCUT2D eigenvalue weighted by Crippen LogP contribution is -1.94. The van der Waals surface area contributed by atoms with Crippen molar-refractivity contribution in [2.75, 3.05) is 0 Å². The van der Waals surface area contributed by atoms with Crippen molar-refractivity contribution in [2.24, 2.45) is 0 Å². The third-order valence-corrected chi connectivity index (χ3v) is 20.9. The Kier molecular flexibility index (Phi) is 13.9. The van der Waals surface area contributed by atoms with Gasteiger partial charge in [0.1, 0.15) is 11.3 Å². The molecule has 0 spiro atoms. The summed E-state index contributed by atoms with van der Waals surface area (Å²) in [5.41, 5.74) is 28.4. The van der Waals surface area contributed by atoms with Gasteiger partial charge < -0.3 is 22.7 Å². The van der Waals surface area contributed by atoms with E-state index in [9.17, 15) is 0 Å². The Labute approximate surface area is 589 Å². The molecule has 478 valence electrons. The van der Waals surface area contributed by atoms with Gasteiger partial charge in [-0.15, -0.1) is 0 Å². The van der Waals surface area contributed by atoms with E-state index >= 15 is 0 Å². The third-order valence-electron chi connectivity index (χ3n) is 20.9. The zero-order chi connectivity index (χ0) is 67.2. The normalized spacial score (nSPS) is 12.2. The summed E-state index contributed by atoms with van der Waals surface area (Å²) in [6.45, 7) is 0. The number of allylic oxidation sites excluding steroid dienone is 3. The van der Waals surface area contributed by atoms with Gasteiger partial charge in [-0.25, -0.2) is 0 Å². The molecule has 15 aromatic carbocycles. The summed E-state index contributed by atoms with van der Waals surface area (Å²) in [6, 6.07) is 128. The highest BCUT2D eigenvalue weighted by Crippen LogP contribution is 2.43. The van der Waals surface area contributed by atoms with Gasteiger partial charge in [-0.05, 0) is 171 Å². The summed E-state index contributed by atoms with van der Waals surface area (Å²) < 4.78 is 16.0. The standard InChI is InChI=1S/C49H32N2O.C48H32N2/c1-3-12-35(13-4-1)50-44-19-9-7-14-38(44)42-30-33(24-28-46(42)50)34-25-29-47-43(31-34)39-15-8-10-20-45(39)51(47)36-26-22-32(23-27-36)37-17-11-18-41-40-16-5-2-6-21-48(40)52-49(37)41;1-4-12-33(13-5-1)35-20-25-40(26-21-35)49-45-19-11-10-18-41(45)43-30-36(23-28-46(43)49)37-24-29-47-44(31-37)42-27-22-38(34-14-6-2-7-15-34)32-48(42)50(47)39-16-8-3-9-17-39/h1-20,22-31H,21H2;1-32H. The van der Waals surface area contributed by atoms with Crippen LogP contribution < -0.4 is 0 Å². The van der Waals surface area contributed by atoms with Crippen molar-refractivity contribution >= 4 is 104 Å². The van der Waals surface area contributed by atoms with Crippen molar-refractivity contribution in [1.29, 1.82) is 0 Å². The molecule has 0 saturated carbocycles. The van der Waals surface area contributed by atoms with Crippen molar-refractivity contribution in [2.45, 2.75) is 6.42 Å². The number of rotatable bonds is 9. The van der Waals surface area contributed by atoms with Crippen molar-refractivity contribution in [3.8, 4) is 78.4 Å². The topological polar surface area (TPSA) is 32.9 Å². The SMILES string of the molecule is C1=CCc2oc3c(-c4ccc(-n5c6ccccc6c6cc(-c7ccc8c(c7)c7ccccc7n8-c7ccccc7)ccc65)cc4)cccc3c2C=C1.c1ccc(-c2ccc(-n3c4ccccc4c4cc(-c5ccc6c(c5)c5ccc(-c7ccccc7)cc5n6-c5ccccc5)ccc43)cc2)cc1. The molecule has 5 aromatic heterocycles. The number of fused-ring (bicyclic) bond motifs is 15. The van der Waals surface area contributed by atoms with Gasteiger partial charge in [-0.3, -0.25) is 0 Å². The van der Waals surface area contributed by atoms with Crippen LogP contribution >= 0.6 is 0 Å². The molecule has 5 nitrogen and oxygen atoms in total. The first-order chi connectivity index (χ1) is 50.6. The van der Waals surface area contributed by atoms with E-state index in [0.717, 1.165) is 51.3 Å². The van der Waals surface area contributed by atoms with Gasteiger partial charge >= 0.3 is 0 Å². The fourth-order valence-corrected chi connectivity index (χ4v) is 16.1. The summed E-state index contributed by atoms with van der Waals surface area (Å²) in [6.07, 6.45) is 9.30. The van der Waals surface area contributed by atoms with E-state index in [-0.39, 0.29) is 0 Å². The largest absolute Gasteiger partial charge is 0.459 e. The van der Waals surface area contributed by atoms with Crippen LogP contribution in [-0.2, 0) is 6.42 Å². The molecule has 5 heteroatoms. The maximum Gasteiger partial charge on any atom is 0.142 e. The first kappa shape index (κ1) is 58.7. The first-order valence-corrected chi connectivity index (χ1v) is 35.1. The van der Waals surface area contributed by atoms with E-state index in [1.807, 2.05) is 0 Å². The van der Waals surface area contributed by atoms with Gasteiger partial charge in [0.2, 0.25) is 0 Å². The molecule has 5 heterocycles. The minimum Gasteiger partial charge on any atom is -0.459 e. The van der Waals surface area contributed by atoms with Crippen molar-refractivity contribution < 1.29 is 4.42 Å². The van der Waals surface area contributed by atoms with Crippen LogP contribution in [0.2, 0.25) is 0 Å². The van der Waals surface area contributed by atoms with Crippen LogP contribution in [0.5, 0.6) is 0 Å². The predicted octanol–water partition coefficient (Wildman–Crippen LogP) is 26.0. The van der Waals surface area contributed by atoms with E-state index in [1.54, 1.807) is 0 Å². The number of nitrogens with zero attached hydrogens (tertiary/aromatic N) is 4. The molecule has 102 heavy (non-hydrogen) atoms. The molecule has 0 atom stereocenters. The minimum absolute atomic E-state index is 0.804. The van der Waals surface area contributed by atoms with Crippen LogP contribution in [-0.4, -0.2) is 18.3 Å². The highest BCUT2D eigenvalue weighted by atomic mass is 16.3. The molecule has 21 rings (SSSR count). The zero-order valence-corrected chi connectivity index (χ0v) is 55.7. The number of aromatic nitrogens is 4. The Morgan fingerprint density at radius 2 is 0.549 bits per heavy atom. The van der Waals surface area contributed by atoms with E-state index in [1.165, 1.54) is 143 Å². The quantitative estimate of drug-likeness (QED) is 0.142. The van der Waals surface area contributed by atoms with Crippen LogP contribution in [0.1, 0.15) is 11.3 Å². The summed E-state index contributed by atoms with van der Waals surface area (Å²) >= 11 is 0. The second-order valence-corrected chi connectivity index (χ2v) is 26.7. The Morgan fingerprint density at radius 3 is 1.02 bits per heavy atom. The Morgan fingerprint density at radius 1 is 0.216 bits per heavy atom. The highest BCUT2D eigenvalue weighted by molar-refractivity contribution is 6.15. The van der Waals surface area contributed by atoms with E-state index < -0.39 is 0 Å². The maximum absolute atomic E-state index is 6.48. The lowest BCUT2D eigenvalue weighted by atomic mass is 9.99. The average Bonchev–Trinajstić information content (AvgIpc) is 1.60. The number of furan rings is 1. The van der Waals surface area contributed by atoms with Gasteiger partial charge in [-0.2, -0.15) is 0 Å². The lowest BCUT2D eigenvalue weighted by molar-refractivity contribution is 0.565. The monoisotopic (exact) mass is 1300 g/mol. The number of para-hydroxylation sites is 6. The zero-order valence-electron chi connectivity index (χ0n) is 55.7. The highest BCUT2D eigenvalue weighted by Gasteiger charge is 2.22. The van der Waals surface area contributed by atoms with Crippen molar-refractivity contribution in [3.63, 3.8) is 0 Å². The van der Waals surface area contributed by atoms with Gasteiger partial charge in [0.05, 0.1) is 44.1 Å². The molecular weight excluding hydrogens is 1240 g/mol. The number of hydrogen-bond donors (Lipinski definition) is 0. The summed E-state index contributed by atoms with van der Waals surface area (Å²) in [4.78, 5) is 0. The fraction of sp³-hybridized carbons (Fsp3) is 0.0103. The smallest absolute Gasteiger partial charge is 0.142 e. The van der Waals surface area contributed by atoms with E-state index in [2.05, 4.69) is 394 Å². The molecule has 0 radical (unpaired) electrons. The van der Waals surface area contributed by atoms with Gasteiger partial charge in [0.15, 0.2) is 0 Å². The average molecular weight is 1300 g/mol. The van der Waals surface area contributed by atoms with Gasteiger partial charge in [0, 0.05) is 88.8 Å². The van der Waals surface area contributed by atoms with Crippen molar-refractivity contribution in [1.82, 2.24) is 18.3 Å². The van der Waals surface area contributed by atoms with Crippen LogP contribution in [0.4, 0.5) is 0 Å². The van der Waals surface area contributed by atoms with Crippen molar-refractivity contribution in [3.05, 3.63) is 381 Å². The Bertz CT molecular complexity index is 6720. The summed E-state index contributed by atoms with van der Waals surface area (Å²) in [5, 5.41) is 11.2. The second-order valence-electron chi connectivity index (χ2n) is 26.7. The first-order valence-electron chi connectivity index (χ1n) is 35.1. The molecule has 0 unspecified atom stereocenters. The van der Waals surface area contributed by atoms with Crippen LogP contribution in [0.15, 0.2) is 374 Å². The Hall–Kier alpha value is -13.5. The minimum atomic E-state index is 0.804. The molecule has 0 fully saturated rings. The summed E-state index contributed by atoms with van der Waals surface area (Å²) in [7, 11) is 0. The predicted molar refractivity (Wildman–Crippen MR) is 429 cm³/mol. The van der Waals surface area contributed by atoms with Crippen LogP contribution in [0.3, 0.4) is 0 Å². The number of benzene rings is 15. The van der Waals surface area contributed by atoms with E-state index in [4.69, 9.17) is 4.42 Å². The molecule has 1 aliphatic carbocycles. The fourth-order valence-electron chi connectivity index (χ4n) is 16.1. The molecule has 1 aliphatic rings. The molecule has 0 amide bonds. The van der Waals surface area contributed by atoms with Gasteiger partial charge in [0.25, 0.3) is 0 Å². The molecule has 20 aromatic rings. The molecule has 0 N–H and O–H groups in total. The maximum atomic E-state index is 6.48. The van der Waals surface area contributed by atoms with Gasteiger partial charge in [-0.1, -0.05) is 255 Å². The molecule has 0 bridgehead atoms. The Balaban J connectivity index is 0.000000137.